The molecule has 0 rings (SSSR count). The molecular weight excluding hydrogens is 190 g/mol. The molecular formula is C9H18ClNS. The lowest BCUT2D eigenvalue weighted by molar-refractivity contribution is 0.288. The van der Waals surface area contributed by atoms with E-state index in [1.54, 1.807) is 0 Å². The van der Waals surface area contributed by atoms with Crippen molar-refractivity contribution in [1.82, 2.24) is 4.90 Å². The molecule has 0 heterocycles. The molecule has 3 heteroatoms. The van der Waals surface area contributed by atoms with Crippen LogP contribution in [0.15, 0.2) is 11.6 Å². The molecule has 12 heavy (non-hydrogen) atoms. The standard InChI is InChI=1S/C9H18ClNS/c1-5-11(3)9(8(2)10)6-7-12-4/h9H,2,5-7H2,1,3-4H3/t9-/m0/s1. The van der Waals surface area contributed by atoms with Crippen molar-refractivity contribution in [2.75, 3.05) is 25.6 Å². The first-order valence-corrected chi connectivity index (χ1v) is 5.94. The van der Waals surface area contributed by atoms with Crippen LogP contribution in [0.25, 0.3) is 0 Å². The zero-order valence-electron chi connectivity index (χ0n) is 8.14. The zero-order chi connectivity index (χ0) is 9.56. The van der Waals surface area contributed by atoms with E-state index in [2.05, 4.69) is 31.7 Å². The third kappa shape index (κ3) is 4.39. The molecule has 0 aliphatic heterocycles. The number of halogens is 1. The van der Waals surface area contributed by atoms with Crippen molar-refractivity contribution in [2.24, 2.45) is 0 Å². The molecule has 0 fully saturated rings. The lowest BCUT2D eigenvalue weighted by atomic mass is 10.2. The van der Waals surface area contributed by atoms with Gasteiger partial charge in [-0.2, -0.15) is 11.8 Å². The van der Waals surface area contributed by atoms with Crippen LogP contribution in [0.4, 0.5) is 0 Å². The second-order valence-electron chi connectivity index (χ2n) is 2.82. The number of hydrogen-bond donors (Lipinski definition) is 0. The predicted octanol–water partition coefficient (Wildman–Crippen LogP) is 2.81. The van der Waals surface area contributed by atoms with Crippen molar-refractivity contribution in [2.45, 2.75) is 19.4 Å². The zero-order valence-corrected chi connectivity index (χ0v) is 9.71. The van der Waals surface area contributed by atoms with Crippen LogP contribution in [0.5, 0.6) is 0 Å². The summed E-state index contributed by atoms with van der Waals surface area (Å²) in [5.74, 6) is 1.14. The van der Waals surface area contributed by atoms with Crippen LogP contribution in [0.1, 0.15) is 13.3 Å². The monoisotopic (exact) mass is 207 g/mol. The average Bonchev–Trinajstić information content (AvgIpc) is 2.04. The summed E-state index contributed by atoms with van der Waals surface area (Å²) in [6, 6.07) is 0.337. The van der Waals surface area contributed by atoms with Gasteiger partial charge in [0.2, 0.25) is 0 Å². The molecule has 1 nitrogen and oxygen atoms in total. The summed E-state index contributed by atoms with van der Waals surface area (Å²) >= 11 is 7.76. The number of rotatable bonds is 6. The number of nitrogens with zero attached hydrogens (tertiary/aromatic N) is 1. The van der Waals surface area contributed by atoms with Gasteiger partial charge in [-0.1, -0.05) is 25.1 Å². The van der Waals surface area contributed by atoms with Crippen molar-refractivity contribution >= 4 is 23.4 Å². The van der Waals surface area contributed by atoms with Crippen molar-refractivity contribution in [1.29, 1.82) is 0 Å². The van der Waals surface area contributed by atoms with Gasteiger partial charge in [0, 0.05) is 11.1 Å². The fourth-order valence-electron chi connectivity index (χ4n) is 1.07. The molecule has 0 spiro atoms. The highest BCUT2D eigenvalue weighted by Crippen LogP contribution is 2.16. The van der Waals surface area contributed by atoms with Crippen LogP contribution < -0.4 is 0 Å². The van der Waals surface area contributed by atoms with E-state index in [1.807, 2.05) is 11.8 Å². The van der Waals surface area contributed by atoms with Gasteiger partial charge >= 0.3 is 0 Å². The smallest absolute Gasteiger partial charge is 0.0453 e. The Hall–Kier alpha value is 0.340. The fraction of sp³-hybridized carbons (Fsp3) is 0.778. The minimum Gasteiger partial charge on any atom is -0.299 e. The quantitative estimate of drug-likeness (QED) is 0.659. The molecule has 0 aliphatic carbocycles. The van der Waals surface area contributed by atoms with Gasteiger partial charge in [0.05, 0.1) is 0 Å². The van der Waals surface area contributed by atoms with Crippen LogP contribution in [-0.2, 0) is 0 Å². The normalized spacial score (nSPS) is 13.4. The van der Waals surface area contributed by atoms with Crippen molar-refractivity contribution < 1.29 is 0 Å². The second kappa shape index (κ2) is 6.81. The van der Waals surface area contributed by atoms with E-state index in [1.165, 1.54) is 0 Å². The molecule has 0 bridgehead atoms. The molecule has 0 aromatic rings. The summed E-state index contributed by atoms with van der Waals surface area (Å²) in [6.45, 7) is 6.94. The van der Waals surface area contributed by atoms with Gasteiger partial charge < -0.3 is 0 Å². The van der Waals surface area contributed by atoms with E-state index in [0.717, 1.165) is 23.8 Å². The Morgan fingerprint density at radius 2 is 2.25 bits per heavy atom. The highest BCUT2D eigenvalue weighted by molar-refractivity contribution is 7.98. The van der Waals surface area contributed by atoms with Crippen LogP contribution in [0.3, 0.4) is 0 Å². The largest absolute Gasteiger partial charge is 0.299 e. The fourth-order valence-corrected chi connectivity index (χ4v) is 1.80. The summed E-state index contributed by atoms with van der Waals surface area (Å²) in [5, 5.41) is 0.758. The first-order valence-electron chi connectivity index (χ1n) is 4.17. The minimum atomic E-state index is 0.337. The Labute approximate surface area is 85.2 Å². The lowest BCUT2D eigenvalue weighted by Crippen LogP contribution is -2.32. The second-order valence-corrected chi connectivity index (χ2v) is 4.29. The van der Waals surface area contributed by atoms with E-state index >= 15 is 0 Å². The van der Waals surface area contributed by atoms with Gasteiger partial charge in [0.1, 0.15) is 0 Å². The van der Waals surface area contributed by atoms with E-state index < -0.39 is 0 Å². The highest BCUT2D eigenvalue weighted by Gasteiger charge is 2.14. The molecule has 0 amide bonds. The molecule has 0 N–H and O–H groups in total. The third-order valence-corrected chi connectivity index (χ3v) is 2.88. The van der Waals surface area contributed by atoms with Crippen LogP contribution >= 0.6 is 23.4 Å². The van der Waals surface area contributed by atoms with Crippen molar-refractivity contribution in [3.05, 3.63) is 11.6 Å². The first-order chi connectivity index (χ1) is 5.63. The molecule has 0 saturated carbocycles. The van der Waals surface area contributed by atoms with Gasteiger partial charge in [0.15, 0.2) is 0 Å². The summed E-state index contributed by atoms with van der Waals surface area (Å²) in [5.41, 5.74) is 0. The summed E-state index contributed by atoms with van der Waals surface area (Å²) in [4.78, 5) is 2.23. The Morgan fingerprint density at radius 3 is 2.58 bits per heavy atom. The highest BCUT2D eigenvalue weighted by atomic mass is 35.5. The Bertz CT molecular complexity index is 138. The molecule has 0 aliphatic rings. The Morgan fingerprint density at radius 1 is 1.67 bits per heavy atom. The SMILES string of the molecule is C=C(Cl)[C@H](CCSC)N(C)CC. The van der Waals surface area contributed by atoms with Crippen molar-refractivity contribution in [3.63, 3.8) is 0 Å². The van der Waals surface area contributed by atoms with Crippen LogP contribution in [0, 0.1) is 0 Å². The molecule has 0 radical (unpaired) electrons. The third-order valence-electron chi connectivity index (χ3n) is 1.99. The maximum absolute atomic E-state index is 5.91. The predicted molar refractivity (Wildman–Crippen MR) is 60.1 cm³/mol. The number of hydrogen-bond acceptors (Lipinski definition) is 2. The Kier molecular flexibility index (Phi) is 7.01. The maximum atomic E-state index is 5.91. The molecule has 0 aromatic carbocycles. The molecule has 72 valence electrons. The maximum Gasteiger partial charge on any atom is 0.0453 e. The van der Waals surface area contributed by atoms with Gasteiger partial charge in [-0.05, 0) is 32.0 Å². The van der Waals surface area contributed by atoms with Gasteiger partial charge in [-0.3, -0.25) is 4.90 Å². The van der Waals surface area contributed by atoms with E-state index in [9.17, 15) is 0 Å². The van der Waals surface area contributed by atoms with Gasteiger partial charge in [0.25, 0.3) is 0 Å². The lowest BCUT2D eigenvalue weighted by Gasteiger charge is -2.25. The van der Waals surface area contributed by atoms with E-state index in [4.69, 9.17) is 11.6 Å². The number of thioether (sulfide) groups is 1. The first kappa shape index (κ1) is 12.3. The molecule has 0 unspecified atom stereocenters. The summed E-state index contributed by atoms with van der Waals surface area (Å²) in [6.07, 6.45) is 3.20. The van der Waals surface area contributed by atoms with Crippen molar-refractivity contribution in [3.8, 4) is 0 Å². The average molecular weight is 208 g/mol. The van der Waals surface area contributed by atoms with Gasteiger partial charge in [-0.15, -0.1) is 0 Å². The molecule has 0 saturated heterocycles. The molecule has 1 atom stereocenters. The van der Waals surface area contributed by atoms with Gasteiger partial charge in [-0.25, -0.2) is 0 Å². The molecule has 0 aromatic heterocycles. The summed E-state index contributed by atoms with van der Waals surface area (Å²) in [7, 11) is 2.08. The Balaban J connectivity index is 3.94. The van der Waals surface area contributed by atoms with Crippen LogP contribution in [-0.4, -0.2) is 36.5 Å². The topological polar surface area (TPSA) is 3.24 Å². The number of likely N-dealkylation sites (N-methyl/N-ethyl adjacent to an activating group) is 1. The minimum absolute atomic E-state index is 0.337. The van der Waals surface area contributed by atoms with E-state index in [0.29, 0.717) is 6.04 Å². The summed E-state index contributed by atoms with van der Waals surface area (Å²) < 4.78 is 0. The van der Waals surface area contributed by atoms with E-state index in [-0.39, 0.29) is 0 Å². The van der Waals surface area contributed by atoms with Crippen LogP contribution in [0.2, 0.25) is 0 Å².